The van der Waals surface area contributed by atoms with Crippen molar-refractivity contribution in [3.8, 4) is 11.5 Å². The minimum atomic E-state index is 0. The first-order chi connectivity index (χ1) is 6.93. The minimum Gasteiger partial charge on any atom is -1.00 e. The first-order valence-electron chi connectivity index (χ1n) is 4.51. The summed E-state index contributed by atoms with van der Waals surface area (Å²) in [6, 6.07) is 15.6. The largest absolute Gasteiger partial charge is 2.00 e. The average Bonchev–Trinajstić information content (AvgIpc) is 2.26. The van der Waals surface area contributed by atoms with Gasteiger partial charge in [-0.25, -0.2) is 0 Å². The number of fused-ring (bicyclic) bond motifs is 2. The zero-order chi connectivity index (χ0) is 9.38. The summed E-state index contributed by atoms with van der Waals surface area (Å²) in [5, 5.41) is 4.48. The molecule has 2 aromatic carbocycles. The van der Waals surface area contributed by atoms with E-state index in [1.54, 1.807) is 0 Å². The Bertz CT molecular complexity index is 402. The van der Waals surface area contributed by atoms with E-state index in [0.29, 0.717) is 0 Å². The zero-order valence-electron chi connectivity index (χ0n) is 8.56. The Morgan fingerprint density at radius 1 is 0.750 bits per heavy atom. The van der Waals surface area contributed by atoms with Crippen LogP contribution in [0.3, 0.4) is 0 Å². The molecule has 0 amide bonds. The third kappa shape index (κ3) is 2.26. The Hall–Kier alpha value is -0.904. The summed E-state index contributed by atoms with van der Waals surface area (Å²) in [6.07, 6.45) is 0. The molecule has 16 heavy (non-hydrogen) atoms. The van der Waals surface area contributed by atoms with Gasteiger partial charge in [-0.1, -0.05) is 47.8 Å². The number of hydrogen-bond acceptors (Lipinski definition) is 1. The molecular formula is C12H8ClMgNO. The van der Waals surface area contributed by atoms with Crippen LogP contribution < -0.4 is 17.1 Å². The molecule has 0 atom stereocenters. The maximum Gasteiger partial charge on any atom is 2.00 e. The predicted molar refractivity (Wildman–Crippen MR) is 61.4 cm³/mol. The third-order valence-electron chi connectivity index (χ3n) is 2.19. The molecule has 2 aromatic rings. The fourth-order valence-electron chi connectivity index (χ4n) is 1.52. The molecule has 0 aliphatic carbocycles. The summed E-state index contributed by atoms with van der Waals surface area (Å²) in [6.45, 7) is 0. The molecule has 1 heterocycles. The number of ether oxygens (including phenoxy) is 1. The van der Waals surface area contributed by atoms with Gasteiger partial charge in [0.05, 0.1) is 0 Å². The molecule has 0 aromatic heterocycles. The third-order valence-corrected chi connectivity index (χ3v) is 2.19. The number of halogens is 1. The second kappa shape index (κ2) is 5.43. The number of nitrogens with zero attached hydrogens (tertiary/aromatic N) is 1. The molecule has 0 unspecified atom stereocenters. The molecule has 0 saturated carbocycles. The fraction of sp³-hybridized carbons (Fsp3) is 0. The first-order valence-corrected chi connectivity index (χ1v) is 4.51. The van der Waals surface area contributed by atoms with E-state index >= 15 is 0 Å². The van der Waals surface area contributed by atoms with Crippen molar-refractivity contribution >= 4 is 34.4 Å². The van der Waals surface area contributed by atoms with Crippen LogP contribution in [-0.2, 0) is 0 Å². The Kier molecular flexibility index (Phi) is 4.47. The molecule has 3 rings (SSSR count). The van der Waals surface area contributed by atoms with Gasteiger partial charge in [0.15, 0.2) is 0 Å². The Balaban J connectivity index is 0.000000640. The topological polar surface area (TPSA) is 23.3 Å². The predicted octanol–water partition coefficient (Wildman–Crippen LogP) is 0.752. The van der Waals surface area contributed by atoms with Crippen LogP contribution in [0.2, 0.25) is 0 Å². The summed E-state index contributed by atoms with van der Waals surface area (Å²) < 4.78 is 5.68. The van der Waals surface area contributed by atoms with Crippen molar-refractivity contribution in [2.45, 2.75) is 0 Å². The summed E-state index contributed by atoms with van der Waals surface area (Å²) in [5.41, 5.74) is 1.79. The summed E-state index contributed by atoms with van der Waals surface area (Å²) >= 11 is 0. The maximum absolute atomic E-state index is 5.68. The maximum atomic E-state index is 5.68. The van der Waals surface area contributed by atoms with Crippen LogP contribution in [0.1, 0.15) is 0 Å². The fourth-order valence-corrected chi connectivity index (χ4v) is 1.52. The Morgan fingerprint density at radius 2 is 1.19 bits per heavy atom. The van der Waals surface area contributed by atoms with Crippen molar-refractivity contribution in [2.75, 3.05) is 0 Å². The van der Waals surface area contributed by atoms with Crippen molar-refractivity contribution in [1.82, 2.24) is 0 Å². The van der Waals surface area contributed by atoms with Gasteiger partial charge in [-0.2, -0.15) is 0 Å². The molecule has 2 nitrogen and oxygen atoms in total. The molecule has 0 radical (unpaired) electrons. The van der Waals surface area contributed by atoms with E-state index in [9.17, 15) is 0 Å². The van der Waals surface area contributed by atoms with E-state index < -0.39 is 0 Å². The summed E-state index contributed by atoms with van der Waals surface area (Å²) in [4.78, 5) is 0. The van der Waals surface area contributed by atoms with Crippen LogP contribution in [0.15, 0.2) is 48.5 Å². The quantitative estimate of drug-likeness (QED) is 0.533. The second-order valence-corrected chi connectivity index (χ2v) is 3.15. The van der Waals surface area contributed by atoms with Crippen LogP contribution in [0.25, 0.3) is 5.32 Å². The number of benzene rings is 2. The summed E-state index contributed by atoms with van der Waals surface area (Å²) in [7, 11) is 0. The van der Waals surface area contributed by atoms with E-state index in [1.807, 2.05) is 48.5 Å². The van der Waals surface area contributed by atoms with Crippen LogP contribution in [0.4, 0.5) is 11.4 Å². The smallest absolute Gasteiger partial charge is 1.00 e. The van der Waals surface area contributed by atoms with Gasteiger partial charge in [0, 0.05) is 0 Å². The Morgan fingerprint density at radius 3 is 1.69 bits per heavy atom. The molecule has 76 valence electrons. The SMILES string of the molecule is [Cl-].[Mg+2].c1ccc2c(c1)[N-]c1ccccc1O2. The molecule has 4 heteroatoms. The molecule has 0 fully saturated rings. The molecule has 0 N–H and O–H groups in total. The van der Waals surface area contributed by atoms with Crippen molar-refractivity contribution in [3.63, 3.8) is 0 Å². The van der Waals surface area contributed by atoms with Crippen molar-refractivity contribution in [1.29, 1.82) is 0 Å². The van der Waals surface area contributed by atoms with Gasteiger partial charge in [0.25, 0.3) is 0 Å². The van der Waals surface area contributed by atoms with Crippen molar-refractivity contribution in [3.05, 3.63) is 53.8 Å². The van der Waals surface area contributed by atoms with Crippen molar-refractivity contribution < 1.29 is 17.1 Å². The van der Waals surface area contributed by atoms with Crippen LogP contribution in [-0.4, -0.2) is 23.1 Å². The van der Waals surface area contributed by atoms with Gasteiger partial charge in [-0.05, 0) is 12.1 Å². The number of rotatable bonds is 0. The van der Waals surface area contributed by atoms with Crippen molar-refractivity contribution in [2.24, 2.45) is 0 Å². The Labute approximate surface area is 117 Å². The van der Waals surface area contributed by atoms with Gasteiger partial charge >= 0.3 is 23.1 Å². The standard InChI is InChI=1S/C12H8NO.ClH.Mg/c1-3-7-11-9(5-1)13-10-6-2-4-8-12(10)14-11;;/h1-8H;1H;/q-1;;+2/p-1. The van der Waals surface area contributed by atoms with E-state index in [2.05, 4.69) is 5.32 Å². The van der Waals surface area contributed by atoms with Gasteiger partial charge in [-0.15, -0.1) is 0 Å². The van der Waals surface area contributed by atoms with Gasteiger partial charge in [-0.3, -0.25) is 0 Å². The molecule has 0 bridgehead atoms. The number of hydrogen-bond donors (Lipinski definition) is 0. The summed E-state index contributed by atoms with van der Waals surface area (Å²) in [5.74, 6) is 1.65. The van der Waals surface area contributed by atoms with Gasteiger partial charge in [0.2, 0.25) is 0 Å². The number of para-hydroxylation sites is 4. The van der Waals surface area contributed by atoms with E-state index in [0.717, 1.165) is 22.9 Å². The molecule has 0 saturated heterocycles. The zero-order valence-corrected chi connectivity index (χ0v) is 10.7. The van der Waals surface area contributed by atoms with Gasteiger partial charge in [0.1, 0.15) is 11.5 Å². The molecule has 1 aliphatic rings. The van der Waals surface area contributed by atoms with E-state index in [4.69, 9.17) is 4.74 Å². The monoisotopic (exact) mass is 241 g/mol. The van der Waals surface area contributed by atoms with Crippen LogP contribution in [0.5, 0.6) is 11.5 Å². The van der Waals surface area contributed by atoms with Crippen LogP contribution in [0, 0.1) is 0 Å². The molecule has 1 aliphatic heterocycles. The molecular weight excluding hydrogens is 234 g/mol. The van der Waals surface area contributed by atoms with E-state index in [-0.39, 0.29) is 35.5 Å². The molecule has 0 spiro atoms. The van der Waals surface area contributed by atoms with Gasteiger partial charge < -0.3 is 22.5 Å². The first kappa shape index (κ1) is 13.2. The van der Waals surface area contributed by atoms with Crippen LogP contribution >= 0.6 is 0 Å². The van der Waals surface area contributed by atoms with E-state index in [1.165, 1.54) is 0 Å². The normalized spacial score (nSPS) is 10.5. The minimum absolute atomic E-state index is 0. The second-order valence-electron chi connectivity index (χ2n) is 3.15. The average molecular weight is 242 g/mol.